The minimum atomic E-state index is 0.326. The maximum atomic E-state index is 4.34. The molecule has 0 fully saturated rings. The fourth-order valence-corrected chi connectivity index (χ4v) is 2.32. The summed E-state index contributed by atoms with van der Waals surface area (Å²) in [4.78, 5) is 4.34. The Balaban J connectivity index is 2.10. The Hall–Kier alpha value is -1.19. The van der Waals surface area contributed by atoms with E-state index in [1.165, 1.54) is 5.56 Å². The third-order valence-electron chi connectivity index (χ3n) is 2.38. The highest BCUT2D eigenvalue weighted by atomic mass is 32.1. The van der Waals surface area contributed by atoms with Crippen LogP contribution in [0.15, 0.2) is 41.9 Å². The van der Waals surface area contributed by atoms with Crippen LogP contribution in [0, 0.1) is 0 Å². The van der Waals surface area contributed by atoms with Crippen LogP contribution in [0.5, 0.6) is 0 Å². The van der Waals surface area contributed by atoms with E-state index in [1.807, 2.05) is 24.7 Å². The number of thiazole rings is 1. The van der Waals surface area contributed by atoms with Gasteiger partial charge >= 0.3 is 0 Å². The number of nitrogens with zero attached hydrogens (tertiary/aromatic N) is 1. The van der Waals surface area contributed by atoms with Gasteiger partial charge in [-0.15, -0.1) is 11.3 Å². The molecule has 0 spiro atoms. The maximum Gasteiger partial charge on any atom is 0.110 e. The third-order valence-corrected chi connectivity index (χ3v) is 3.27. The first-order valence-electron chi connectivity index (χ1n) is 5.00. The van der Waals surface area contributed by atoms with Crippen molar-refractivity contribution in [3.8, 4) is 0 Å². The number of nitrogens with one attached hydrogen (secondary N) is 1. The monoisotopic (exact) mass is 218 g/mol. The molecule has 0 bridgehead atoms. The number of benzene rings is 1. The van der Waals surface area contributed by atoms with Crippen molar-refractivity contribution in [2.75, 3.05) is 7.05 Å². The zero-order valence-corrected chi connectivity index (χ0v) is 9.50. The van der Waals surface area contributed by atoms with Gasteiger partial charge in [0.15, 0.2) is 0 Å². The van der Waals surface area contributed by atoms with E-state index in [4.69, 9.17) is 0 Å². The van der Waals surface area contributed by atoms with Crippen LogP contribution >= 0.6 is 11.3 Å². The molecule has 1 atom stereocenters. The van der Waals surface area contributed by atoms with E-state index in [0.29, 0.717) is 6.04 Å². The molecule has 0 unspecified atom stereocenters. The van der Waals surface area contributed by atoms with Crippen molar-refractivity contribution in [3.63, 3.8) is 0 Å². The van der Waals surface area contributed by atoms with Crippen LogP contribution in [-0.2, 0) is 6.42 Å². The minimum absolute atomic E-state index is 0.326. The molecule has 2 aromatic rings. The Bertz CT molecular complexity index is 383. The predicted molar refractivity (Wildman–Crippen MR) is 64.1 cm³/mol. The molecule has 1 N–H and O–H groups in total. The average molecular weight is 218 g/mol. The lowest BCUT2D eigenvalue weighted by Gasteiger charge is -2.13. The van der Waals surface area contributed by atoms with Gasteiger partial charge in [-0.05, 0) is 19.0 Å². The topological polar surface area (TPSA) is 24.9 Å². The standard InChI is InChI=1S/C12H14N2S/c1-13-11(12-14-7-8-15-12)9-10-5-3-2-4-6-10/h2-8,11,13H,9H2,1H3/t11-/m0/s1. The largest absolute Gasteiger partial charge is 0.311 e. The van der Waals surface area contributed by atoms with Crippen LogP contribution in [-0.4, -0.2) is 12.0 Å². The second-order valence-electron chi connectivity index (χ2n) is 3.40. The van der Waals surface area contributed by atoms with Gasteiger partial charge in [0.05, 0.1) is 6.04 Å². The van der Waals surface area contributed by atoms with Crippen molar-refractivity contribution in [1.29, 1.82) is 0 Å². The summed E-state index contributed by atoms with van der Waals surface area (Å²) in [7, 11) is 1.98. The van der Waals surface area contributed by atoms with Gasteiger partial charge in [0.25, 0.3) is 0 Å². The van der Waals surface area contributed by atoms with E-state index in [0.717, 1.165) is 11.4 Å². The molecule has 1 heterocycles. The van der Waals surface area contributed by atoms with Gasteiger partial charge in [-0.2, -0.15) is 0 Å². The molecule has 78 valence electrons. The molecule has 1 aromatic heterocycles. The summed E-state index contributed by atoms with van der Waals surface area (Å²) in [6.07, 6.45) is 2.85. The predicted octanol–water partition coefficient (Wildman–Crippen LogP) is 2.65. The number of aromatic nitrogens is 1. The van der Waals surface area contributed by atoms with Crippen LogP contribution in [0.1, 0.15) is 16.6 Å². The van der Waals surface area contributed by atoms with E-state index in [-0.39, 0.29) is 0 Å². The van der Waals surface area contributed by atoms with Crippen molar-refractivity contribution >= 4 is 11.3 Å². The zero-order valence-electron chi connectivity index (χ0n) is 8.68. The fourth-order valence-electron chi connectivity index (χ4n) is 1.57. The first-order valence-corrected chi connectivity index (χ1v) is 5.88. The minimum Gasteiger partial charge on any atom is -0.311 e. The van der Waals surface area contributed by atoms with E-state index in [2.05, 4.69) is 34.6 Å². The van der Waals surface area contributed by atoms with Crippen LogP contribution in [0.3, 0.4) is 0 Å². The zero-order chi connectivity index (χ0) is 10.5. The maximum absolute atomic E-state index is 4.34. The second-order valence-corrected chi connectivity index (χ2v) is 4.33. The van der Waals surface area contributed by atoms with Crippen molar-refractivity contribution in [2.45, 2.75) is 12.5 Å². The van der Waals surface area contributed by atoms with Gasteiger partial charge in [-0.25, -0.2) is 4.98 Å². The van der Waals surface area contributed by atoms with Gasteiger partial charge in [0.2, 0.25) is 0 Å². The molecule has 0 amide bonds. The Labute approximate surface area is 94.0 Å². The number of hydrogen-bond acceptors (Lipinski definition) is 3. The van der Waals surface area contributed by atoms with Crippen LogP contribution < -0.4 is 5.32 Å². The molecule has 1 aromatic carbocycles. The molecule has 0 saturated heterocycles. The highest BCUT2D eigenvalue weighted by Crippen LogP contribution is 2.19. The van der Waals surface area contributed by atoms with Gasteiger partial charge in [-0.3, -0.25) is 0 Å². The molecular weight excluding hydrogens is 204 g/mol. The van der Waals surface area contributed by atoms with E-state index in [9.17, 15) is 0 Å². The SMILES string of the molecule is CN[C@@H](Cc1ccccc1)c1nccs1. The number of likely N-dealkylation sites (N-methyl/N-ethyl adjacent to an activating group) is 1. The lowest BCUT2D eigenvalue weighted by Crippen LogP contribution is -2.18. The summed E-state index contributed by atoms with van der Waals surface area (Å²) in [6, 6.07) is 10.8. The normalized spacial score (nSPS) is 12.6. The van der Waals surface area contributed by atoms with E-state index < -0.39 is 0 Å². The first kappa shape index (κ1) is 10.3. The average Bonchev–Trinajstić information content (AvgIpc) is 2.81. The van der Waals surface area contributed by atoms with Crippen molar-refractivity contribution in [1.82, 2.24) is 10.3 Å². The summed E-state index contributed by atoms with van der Waals surface area (Å²) < 4.78 is 0. The van der Waals surface area contributed by atoms with Gasteiger partial charge in [0.1, 0.15) is 5.01 Å². The lowest BCUT2D eigenvalue weighted by atomic mass is 10.1. The van der Waals surface area contributed by atoms with Crippen molar-refractivity contribution in [2.24, 2.45) is 0 Å². The number of rotatable bonds is 4. The highest BCUT2D eigenvalue weighted by molar-refractivity contribution is 7.09. The molecule has 3 heteroatoms. The van der Waals surface area contributed by atoms with Crippen molar-refractivity contribution in [3.05, 3.63) is 52.5 Å². The number of hydrogen-bond donors (Lipinski definition) is 1. The van der Waals surface area contributed by atoms with Crippen molar-refractivity contribution < 1.29 is 0 Å². The summed E-state index contributed by atoms with van der Waals surface area (Å²) in [6.45, 7) is 0. The van der Waals surface area contributed by atoms with Crippen LogP contribution in [0.4, 0.5) is 0 Å². The lowest BCUT2D eigenvalue weighted by molar-refractivity contribution is 0.588. The second kappa shape index (κ2) is 5.05. The van der Waals surface area contributed by atoms with Gasteiger partial charge < -0.3 is 5.32 Å². The third kappa shape index (κ3) is 2.64. The van der Waals surface area contributed by atoms with Gasteiger partial charge in [-0.1, -0.05) is 30.3 Å². The van der Waals surface area contributed by atoms with Gasteiger partial charge in [0, 0.05) is 11.6 Å². The Morgan fingerprint density at radius 3 is 2.73 bits per heavy atom. The van der Waals surface area contributed by atoms with E-state index in [1.54, 1.807) is 11.3 Å². The molecular formula is C12H14N2S. The molecule has 0 aliphatic heterocycles. The fraction of sp³-hybridized carbons (Fsp3) is 0.250. The highest BCUT2D eigenvalue weighted by Gasteiger charge is 2.11. The summed E-state index contributed by atoms with van der Waals surface area (Å²) in [5.41, 5.74) is 1.34. The molecule has 15 heavy (non-hydrogen) atoms. The summed E-state index contributed by atoms with van der Waals surface area (Å²) >= 11 is 1.70. The smallest absolute Gasteiger partial charge is 0.110 e. The Morgan fingerprint density at radius 1 is 1.33 bits per heavy atom. The van der Waals surface area contributed by atoms with Crippen LogP contribution in [0.2, 0.25) is 0 Å². The summed E-state index contributed by atoms with van der Waals surface area (Å²) in [5, 5.41) is 6.47. The molecule has 0 aliphatic carbocycles. The van der Waals surface area contributed by atoms with E-state index >= 15 is 0 Å². The quantitative estimate of drug-likeness (QED) is 0.853. The molecule has 0 saturated carbocycles. The Kier molecular flexibility index (Phi) is 3.48. The molecule has 2 rings (SSSR count). The summed E-state index contributed by atoms with van der Waals surface area (Å²) in [5.74, 6) is 0. The Morgan fingerprint density at radius 2 is 2.13 bits per heavy atom. The first-order chi connectivity index (χ1) is 7.40. The molecule has 0 aliphatic rings. The van der Waals surface area contributed by atoms with Crippen LogP contribution in [0.25, 0.3) is 0 Å². The molecule has 2 nitrogen and oxygen atoms in total. The molecule has 0 radical (unpaired) electrons.